The predicted molar refractivity (Wildman–Crippen MR) is 89.8 cm³/mol. The van der Waals surface area contributed by atoms with Gasteiger partial charge in [-0.2, -0.15) is 0 Å². The van der Waals surface area contributed by atoms with Gasteiger partial charge in [0.05, 0.1) is 14.2 Å². The average molecular weight is 335 g/mol. The van der Waals surface area contributed by atoms with Gasteiger partial charge >= 0.3 is 5.97 Å². The maximum absolute atomic E-state index is 12.7. The first-order chi connectivity index (χ1) is 11.4. The monoisotopic (exact) mass is 335 g/mol. The smallest absolute Gasteiger partial charge is 0.329 e. The molecule has 1 saturated carbocycles. The molecule has 1 aliphatic carbocycles. The molecule has 1 aliphatic rings. The molecule has 2 rings (SSSR count). The first-order valence-corrected chi connectivity index (χ1v) is 8.22. The van der Waals surface area contributed by atoms with Gasteiger partial charge in [-0.15, -0.1) is 0 Å². The summed E-state index contributed by atoms with van der Waals surface area (Å²) in [6, 6.07) is 3.22. The van der Waals surface area contributed by atoms with Crippen molar-refractivity contribution < 1.29 is 24.2 Å². The predicted octanol–water partition coefficient (Wildman–Crippen LogP) is 2.92. The lowest BCUT2D eigenvalue weighted by molar-refractivity contribution is -0.145. The largest absolute Gasteiger partial charge is 0.496 e. The van der Waals surface area contributed by atoms with Gasteiger partial charge in [-0.3, -0.25) is 4.79 Å². The Balaban J connectivity index is 2.32. The van der Waals surface area contributed by atoms with Gasteiger partial charge in [-0.05, 0) is 31.9 Å². The zero-order valence-electron chi connectivity index (χ0n) is 14.5. The molecule has 0 aliphatic heterocycles. The molecular weight excluding hydrogens is 310 g/mol. The van der Waals surface area contributed by atoms with Crippen LogP contribution >= 0.6 is 0 Å². The summed E-state index contributed by atoms with van der Waals surface area (Å²) in [6.07, 6.45) is 4.50. The van der Waals surface area contributed by atoms with E-state index in [0.717, 1.165) is 31.2 Å². The molecule has 6 heteroatoms. The lowest BCUT2D eigenvalue weighted by Gasteiger charge is -2.29. The third-order valence-electron chi connectivity index (χ3n) is 4.73. The van der Waals surface area contributed by atoms with Crippen LogP contribution in [0, 0.1) is 6.92 Å². The summed E-state index contributed by atoms with van der Waals surface area (Å²) in [6.45, 7) is 1.84. The van der Waals surface area contributed by atoms with Crippen molar-refractivity contribution in [1.82, 2.24) is 5.32 Å². The van der Waals surface area contributed by atoms with Gasteiger partial charge in [-0.1, -0.05) is 25.7 Å². The van der Waals surface area contributed by atoms with E-state index in [1.165, 1.54) is 14.2 Å². The quantitative estimate of drug-likeness (QED) is 0.808. The number of hydrogen-bond donors (Lipinski definition) is 2. The molecule has 0 unspecified atom stereocenters. The third kappa shape index (κ3) is 3.63. The summed E-state index contributed by atoms with van der Waals surface area (Å²) in [7, 11) is 3.04. The highest BCUT2D eigenvalue weighted by Crippen LogP contribution is 2.31. The number of ether oxygens (including phenoxy) is 2. The number of nitrogens with one attached hydrogen (secondary N) is 1. The first kappa shape index (κ1) is 18.1. The van der Waals surface area contributed by atoms with Gasteiger partial charge in [0.15, 0.2) is 0 Å². The number of carboxylic acids is 1. The Morgan fingerprint density at radius 2 is 1.54 bits per heavy atom. The maximum Gasteiger partial charge on any atom is 0.329 e. The molecule has 0 heterocycles. The molecule has 132 valence electrons. The summed E-state index contributed by atoms with van der Waals surface area (Å²) >= 11 is 0. The van der Waals surface area contributed by atoms with Crippen LogP contribution in [0.4, 0.5) is 0 Å². The van der Waals surface area contributed by atoms with E-state index in [-0.39, 0.29) is 0 Å². The molecular formula is C18H25NO5. The molecule has 24 heavy (non-hydrogen) atoms. The van der Waals surface area contributed by atoms with E-state index < -0.39 is 17.4 Å². The lowest BCUT2D eigenvalue weighted by Crippen LogP contribution is -2.54. The van der Waals surface area contributed by atoms with Crippen molar-refractivity contribution in [3.8, 4) is 11.5 Å². The number of carboxylic acid groups (broad SMARTS) is 1. The number of aliphatic carboxylic acids is 1. The highest BCUT2D eigenvalue weighted by molar-refractivity contribution is 5.98. The fraction of sp³-hybridized carbons (Fsp3) is 0.556. The van der Waals surface area contributed by atoms with Gasteiger partial charge in [-0.25, -0.2) is 4.79 Å². The zero-order valence-corrected chi connectivity index (χ0v) is 14.5. The van der Waals surface area contributed by atoms with Crippen molar-refractivity contribution in [1.29, 1.82) is 0 Å². The van der Waals surface area contributed by atoms with E-state index in [1.54, 1.807) is 12.1 Å². The van der Waals surface area contributed by atoms with Crippen molar-refractivity contribution >= 4 is 11.9 Å². The van der Waals surface area contributed by atoms with Gasteiger partial charge < -0.3 is 19.9 Å². The van der Waals surface area contributed by atoms with Crippen molar-refractivity contribution in [3.05, 3.63) is 23.3 Å². The molecule has 0 bridgehead atoms. The third-order valence-corrected chi connectivity index (χ3v) is 4.73. The Labute approximate surface area is 142 Å². The van der Waals surface area contributed by atoms with E-state index >= 15 is 0 Å². The van der Waals surface area contributed by atoms with Crippen LogP contribution in [-0.4, -0.2) is 36.7 Å². The molecule has 1 aromatic carbocycles. The lowest BCUT2D eigenvalue weighted by atomic mass is 9.89. The first-order valence-electron chi connectivity index (χ1n) is 8.22. The Morgan fingerprint density at radius 1 is 1.04 bits per heavy atom. The highest BCUT2D eigenvalue weighted by Gasteiger charge is 2.40. The van der Waals surface area contributed by atoms with Gasteiger partial charge in [0.1, 0.15) is 17.0 Å². The van der Waals surface area contributed by atoms with Crippen LogP contribution in [0.1, 0.15) is 54.4 Å². The number of hydrogen-bond acceptors (Lipinski definition) is 4. The Kier molecular flexibility index (Phi) is 5.70. The standard InChI is InChI=1S/C18H25NO5/c1-12-14(23-2)10-13(11-15(12)24-3)16(20)19-18(17(21)22)8-6-4-5-7-9-18/h10-11H,4-9H2,1-3H3,(H,19,20)(H,21,22). The van der Waals surface area contributed by atoms with Crippen LogP contribution in [0.5, 0.6) is 11.5 Å². The van der Waals surface area contributed by atoms with E-state index in [9.17, 15) is 14.7 Å². The topological polar surface area (TPSA) is 84.9 Å². The molecule has 0 aromatic heterocycles. The second kappa shape index (κ2) is 7.55. The maximum atomic E-state index is 12.7. The zero-order chi connectivity index (χ0) is 17.7. The molecule has 1 fully saturated rings. The number of methoxy groups -OCH3 is 2. The molecule has 0 radical (unpaired) electrons. The van der Waals surface area contributed by atoms with E-state index in [1.807, 2.05) is 6.92 Å². The SMILES string of the molecule is COc1cc(C(=O)NC2(C(=O)O)CCCCCC2)cc(OC)c1C. The van der Waals surface area contributed by atoms with Crippen LogP contribution in [0.25, 0.3) is 0 Å². The van der Waals surface area contributed by atoms with Crippen LogP contribution < -0.4 is 14.8 Å². The number of rotatable bonds is 5. The molecule has 0 saturated heterocycles. The Bertz CT molecular complexity index is 593. The van der Waals surface area contributed by atoms with Crippen LogP contribution in [0.15, 0.2) is 12.1 Å². The molecule has 1 aromatic rings. The fourth-order valence-electron chi connectivity index (χ4n) is 3.23. The van der Waals surface area contributed by atoms with Crippen LogP contribution in [0.2, 0.25) is 0 Å². The molecule has 6 nitrogen and oxygen atoms in total. The minimum atomic E-state index is -1.20. The van der Waals surface area contributed by atoms with Crippen molar-refractivity contribution in [3.63, 3.8) is 0 Å². The van der Waals surface area contributed by atoms with Gasteiger partial charge in [0.2, 0.25) is 0 Å². The molecule has 0 spiro atoms. The minimum absolute atomic E-state index is 0.333. The normalized spacial score (nSPS) is 16.8. The van der Waals surface area contributed by atoms with Crippen molar-refractivity contribution in [2.45, 2.75) is 51.0 Å². The Morgan fingerprint density at radius 3 is 1.96 bits per heavy atom. The summed E-state index contributed by atoms with van der Waals surface area (Å²) < 4.78 is 10.6. The second-order valence-corrected chi connectivity index (χ2v) is 6.26. The summed E-state index contributed by atoms with van der Waals surface area (Å²) in [4.78, 5) is 24.5. The number of carbonyl (C=O) groups excluding carboxylic acids is 1. The van der Waals surface area contributed by atoms with E-state index in [4.69, 9.17) is 9.47 Å². The van der Waals surface area contributed by atoms with Gasteiger partial charge in [0.25, 0.3) is 5.91 Å². The highest BCUT2D eigenvalue weighted by atomic mass is 16.5. The van der Waals surface area contributed by atoms with Crippen LogP contribution in [0.3, 0.4) is 0 Å². The van der Waals surface area contributed by atoms with Crippen molar-refractivity contribution in [2.75, 3.05) is 14.2 Å². The molecule has 1 amide bonds. The Hall–Kier alpha value is -2.24. The summed E-state index contributed by atoms with van der Waals surface area (Å²) in [5.41, 5.74) is -0.0722. The van der Waals surface area contributed by atoms with Gasteiger partial charge in [0, 0.05) is 11.1 Å². The summed E-state index contributed by atoms with van der Waals surface area (Å²) in [5.74, 6) is -0.325. The molecule has 2 N–H and O–H groups in total. The number of benzene rings is 1. The fourth-order valence-corrected chi connectivity index (χ4v) is 3.23. The number of carbonyl (C=O) groups is 2. The van der Waals surface area contributed by atoms with E-state index in [2.05, 4.69) is 5.32 Å². The average Bonchev–Trinajstić information content (AvgIpc) is 2.81. The van der Waals surface area contributed by atoms with Crippen molar-refractivity contribution in [2.24, 2.45) is 0 Å². The minimum Gasteiger partial charge on any atom is -0.496 e. The summed E-state index contributed by atoms with van der Waals surface area (Å²) in [5, 5.41) is 12.5. The van der Waals surface area contributed by atoms with E-state index in [0.29, 0.717) is 29.9 Å². The number of amides is 1. The second-order valence-electron chi connectivity index (χ2n) is 6.26. The van der Waals surface area contributed by atoms with Crippen LogP contribution in [-0.2, 0) is 4.79 Å². The molecule has 0 atom stereocenters.